The van der Waals surface area contributed by atoms with Gasteiger partial charge in [0.15, 0.2) is 5.78 Å². The van der Waals surface area contributed by atoms with Gasteiger partial charge in [-0.2, -0.15) is 17.6 Å². The third kappa shape index (κ3) is 4.50. The van der Waals surface area contributed by atoms with Crippen LogP contribution in [0.25, 0.3) is 22.2 Å². The van der Waals surface area contributed by atoms with Gasteiger partial charge in [-0.15, -0.1) is 0 Å². The van der Waals surface area contributed by atoms with E-state index in [-0.39, 0.29) is 11.1 Å². The molecular weight excluding hydrogens is 416 g/mol. The van der Waals surface area contributed by atoms with E-state index in [2.05, 4.69) is 19.4 Å². The number of ketones is 1. The van der Waals surface area contributed by atoms with Crippen LogP contribution in [0, 0.1) is 0 Å². The summed E-state index contributed by atoms with van der Waals surface area (Å²) < 4.78 is 59.1. The van der Waals surface area contributed by atoms with Crippen LogP contribution in [0.5, 0.6) is 11.5 Å². The Labute approximate surface area is 173 Å². The second-order valence-electron chi connectivity index (χ2n) is 6.47. The lowest BCUT2D eigenvalue weighted by molar-refractivity contribution is -0.0543. The van der Waals surface area contributed by atoms with E-state index >= 15 is 0 Å². The quantitative estimate of drug-likeness (QED) is 0.303. The summed E-state index contributed by atoms with van der Waals surface area (Å²) in [6.07, 6.45) is 3.07. The van der Waals surface area contributed by atoms with Crippen molar-refractivity contribution in [1.82, 2.24) is 9.97 Å². The number of nitrogens with zero attached hydrogens (tertiary/aromatic N) is 1. The highest BCUT2D eigenvalue weighted by molar-refractivity contribution is 6.16. The third-order valence-electron chi connectivity index (χ3n) is 4.48. The Morgan fingerprint density at radius 3 is 2.13 bits per heavy atom. The number of carbonyl (C=O) groups excluding carboxylic acids is 1. The molecule has 4 rings (SSSR count). The molecule has 0 saturated heterocycles. The zero-order valence-electron chi connectivity index (χ0n) is 15.7. The van der Waals surface area contributed by atoms with Crippen LogP contribution in [0.3, 0.4) is 0 Å². The fraction of sp³-hybridized carbons (Fsp3) is 0.0909. The zero-order chi connectivity index (χ0) is 22.0. The van der Waals surface area contributed by atoms with E-state index in [1.165, 1.54) is 6.20 Å². The number of halogens is 4. The second kappa shape index (κ2) is 8.47. The molecule has 0 radical (unpaired) electrons. The Morgan fingerprint density at radius 2 is 1.52 bits per heavy atom. The molecule has 5 nitrogen and oxygen atoms in total. The van der Waals surface area contributed by atoms with Crippen LogP contribution in [0.2, 0.25) is 0 Å². The van der Waals surface area contributed by atoms with Crippen molar-refractivity contribution < 1.29 is 31.8 Å². The summed E-state index contributed by atoms with van der Waals surface area (Å²) in [5.41, 5.74) is 2.12. The van der Waals surface area contributed by atoms with Crippen molar-refractivity contribution in [3.05, 3.63) is 78.1 Å². The van der Waals surface area contributed by atoms with Crippen LogP contribution in [0.15, 0.2) is 67.0 Å². The van der Waals surface area contributed by atoms with Crippen molar-refractivity contribution in [2.24, 2.45) is 0 Å². The number of carbonyl (C=O) groups is 1. The number of pyridine rings is 1. The summed E-state index contributed by atoms with van der Waals surface area (Å²) in [4.78, 5) is 20.3. The molecule has 0 saturated carbocycles. The molecular formula is C22H14F4N2O3. The first-order valence-electron chi connectivity index (χ1n) is 9.02. The maximum Gasteiger partial charge on any atom is 0.387 e. The number of nitrogens with one attached hydrogen (secondary N) is 1. The molecule has 0 fully saturated rings. The minimum absolute atomic E-state index is 0.153. The standard InChI is InChI=1S/C22H14F4N2O3/c23-21(24)30-15-6-13(7-16(9-15)31-22(25)26)19(29)18-11-28-20-17(18)8-14(10-27-20)12-4-2-1-3-5-12/h1-11,21-22H,(H,27,28). The van der Waals surface area contributed by atoms with Crippen LogP contribution < -0.4 is 9.47 Å². The normalized spacial score (nSPS) is 11.3. The minimum atomic E-state index is -3.20. The first-order chi connectivity index (χ1) is 14.9. The van der Waals surface area contributed by atoms with Gasteiger partial charge in [0.05, 0.1) is 0 Å². The third-order valence-corrected chi connectivity index (χ3v) is 4.48. The molecule has 2 aromatic heterocycles. The summed E-state index contributed by atoms with van der Waals surface area (Å²) in [5, 5.41) is 0.489. The van der Waals surface area contributed by atoms with Crippen molar-refractivity contribution >= 4 is 16.8 Å². The molecule has 2 aromatic carbocycles. The van der Waals surface area contributed by atoms with E-state index in [1.807, 2.05) is 30.3 Å². The monoisotopic (exact) mass is 430 g/mol. The number of benzene rings is 2. The van der Waals surface area contributed by atoms with Gasteiger partial charge in [0, 0.05) is 40.5 Å². The average molecular weight is 430 g/mol. The van der Waals surface area contributed by atoms with E-state index in [0.29, 0.717) is 11.0 Å². The number of hydrogen-bond acceptors (Lipinski definition) is 4. The molecule has 0 bridgehead atoms. The summed E-state index contributed by atoms with van der Waals surface area (Å²) in [6, 6.07) is 14.1. The number of rotatable bonds is 7. The number of hydrogen-bond donors (Lipinski definition) is 1. The maximum absolute atomic E-state index is 13.1. The summed E-state index contributed by atoms with van der Waals surface area (Å²) in [7, 11) is 0. The number of alkyl halides is 4. The molecule has 0 atom stereocenters. The molecule has 0 aliphatic carbocycles. The molecule has 31 heavy (non-hydrogen) atoms. The van der Waals surface area contributed by atoms with Crippen LogP contribution in [-0.2, 0) is 0 Å². The summed E-state index contributed by atoms with van der Waals surface area (Å²) >= 11 is 0. The molecule has 1 N–H and O–H groups in total. The van der Waals surface area contributed by atoms with Gasteiger partial charge in [0.1, 0.15) is 17.1 Å². The number of aromatic amines is 1. The lowest BCUT2D eigenvalue weighted by Crippen LogP contribution is -2.08. The van der Waals surface area contributed by atoms with Crippen LogP contribution in [0.4, 0.5) is 17.6 Å². The molecule has 158 valence electrons. The molecule has 9 heteroatoms. The van der Waals surface area contributed by atoms with E-state index < -0.39 is 30.5 Å². The molecule has 0 aliphatic heterocycles. The lowest BCUT2D eigenvalue weighted by Gasteiger charge is -2.11. The Bertz CT molecular complexity index is 1200. The van der Waals surface area contributed by atoms with Crippen LogP contribution in [-0.4, -0.2) is 29.0 Å². The van der Waals surface area contributed by atoms with Crippen molar-refractivity contribution in [1.29, 1.82) is 0 Å². The van der Waals surface area contributed by atoms with Gasteiger partial charge in [0.2, 0.25) is 0 Å². The SMILES string of the molecule is O=C(c1cc(OC(F)F)cc(OC(F)F)c1)c1c[nH]c2ncc(-c3ccccc3)cc12. The van der Waals surface area contributed by atoms with Gasteiger partial charge in [-0.25, -0.2) is 4.98 Å². The van der Waals surface area contributed by atoms with E-state index in [4.69, 9.17) is 0 Å². The first kappa shape index (κ1) is 20.4. The average Bonchev–Trinajstić information content (AvgIpc) is 3.16. The van der Waals surface area contributed by atoms with Crippen LogP contribution in [0.1, 0.15) is 15.9 Å². The Balaban J connectivity index is 1.76. The van der Waals surface area contributed by atoms with Gasteiger partial charge in [-0.3, -0.25) is 4.79 Å². The van der Waals surface area contributed by atoms with Crippen molar-refractivity contribution in [3.8, 4) is 22.6 Å². The molecule has 0 amide bonds. The van der Waals surface area contributed by atoms with Crippen molar-refractivity contribution in [3.63, 3.8) is 0 Å². The highest BCUT2D eigenvalue weighted by Crippen LogP contribution is 2.30. The fourth-order valence-corrected chi connectivity index (χ4v) is 3.18. The molecule has 2 heterocycles. The molecule has 4 aromatic rings. The minimum Gasteiger partial charge on any atom is -0.435 e. The van der Waals surface area contributed by atoms with Crippen LogP contribution >= 0.6 is 0 Å². The largest absolute Gasteiger partial charge is 0.435 e. The predicted molar refractivity (Wildman–Crippen MR) is 105 cm³/mol. The van der Waals surface area contributed by atoms with Crippen molar-refractivity contribution in [2.75, 3.05) is 0 Å². The maximum atomic E-state index is 13.1. The highest BCUT2D eigenvalue weighted by Gasteiger charge is 2.19. The topological polar surface area (TPSA) is 64.2 Å². The summed E-state index contributed by atoms with van der Waals surface area (Å²) in [6.45, 7) is -6.40. The van der Waals surface area contributed by atoms with Gasteiger partial charge in [-0.1, -0.05) is 30.3 Å². The van der Waals surface area contributed by atoms with E-state index in [0.717, 1.165) is 29.3 Å². The van der Waals surface area contributed by atoms with E-state index in [1.54, 1.807) is 12.3 Å². The molecule has 0 unspecified atom stereocenters. The highest BCUT2D eigenvalue weighted by atomic mass is 19.3. The number of ether oxygens (including phenoxy) is 2. The van der Waals surface area contributed by atoms with Gasteiger partial charge < -0.3 is 14.5 Å². The number of aromatic nitrogens is 2. The second-order valence-corrected chi connectivity index (χ2v) is 6.47. The molecule has 0 spiro atoms. The van der Waals surface area contributed by atoms with Gasteiger partial charge >= 0.3 is 13.2 Å². The smallest absolute Gasteiger partial charge is 0.387 e. The zero-order valence-corrected chi connectivity index (χ0v) is 15.7. The number of H-pyrrole nitrogens is 1. The Kier molecular flexibility index (Phi) is 5.57. The van der Waals surface area contributed by atoms with Gasteiger partial charge in [-0.05, 0) is 23.8 Å². The summed E-state index contributed by atoms with van der Waals surface area (Å²) in [5.74, 6) is -1.55. The first-order valence-corrected chi connectivity index (χ1v) is 9.02. The van der Waals surface area contributed by atoms with Gasteiger partial charge in [0.25, 0.3) is 0 Å². The number of fused-ring (bicyclic) bond motifs is 1. The Hall–Kier alpha value is -3.88. The predicted octanol–water partition coefficient (Wildman–Crippen LogP) is 5.66. The fourth-order valence-electron chi connectivity index (χ4n) is 3.18. The lowest BCUT2D eigenvalue weighted by atomic mass is 10.0. The molecule has 0 aliphatic rings. The Morgan fingerprint density at radius 1 is 0.871 bits per heavy atom. The van der Waals surface area contributed by atoms with Crippen molar-refractivity contribution in [2.45, 2.75) is 13.2 Å². The van der Waals surface area contributed by atoms with E-state index in [9.17, 15) is 22.4 Å².